The molecular formula is C7H12OS. The number of hydrogen-bond donors (Lipinski definition) is 0. The van der Waals surface area contributed by atoms with Crippen LogP contribution in [0.5, 0.6) is 0 Å². The number of rotatable bonds is 3. The highest BCUT2D eigenvalue weighted by Crippen LogP contribution is 1.91. The van der Waals surface area contributed by atoms with Crippen molar-refractivity contribution in [3.05, 3.63) is 0 Å². The highest BCUT2D eigenvalue weighted by Gasteiger charge is 1.73. The van der Waals surface area contributed by atoms with Crippen molar-refractivity contribution in [1.29, 1.82) is 0 Å². The van der Waals surface area contributed by atoms with Crippen LogP contribution in [-0.4, -0.2) is 12.9 Å². The van der Waals surface area contributed by atoms with Gasteiger partial charge in [-0.1, -0.05) is 12.8 Å². The second-order valence-corrected chi connectivity index (χ2v) is 2.10. The van der Waals surface area contributed by atoms with Gasteiger partial charge in [0.25, 0.3) is 0 Å². The molecule has 0 aromatic rings. The summed E-state index contributed by atoms with van der Waals surface area (Å²) in [6.45, 7) is 2.67. The largest absolute Gasteiger partial charge is 0.303 e. The van der Waals surface area contributed by atoms with E-state index in [1.54, 1.807) is 0 Å². The van der Waals surface area contributed by atoms with Crippen LogP contribution in [0.25, 0.3) is 0 Å². The topological polar surface area (TPSA) is 9.23 Å². The van der Waals surface area contributed by atoms with Gasteiger partial charge in [0, 0.05) is 12.7 Å². The van der Waals surface area contributed by atoms with Gasteiger partial charge in [-0.25, -0.2) is 0 Å². The lowest BCUT2D eigenvalue weighted by Crippen LogP contribution is -1.77. The van der Waals surface area contributed by atoms with E-state index in [0.29, 0.717) is 6.61 Å². The van der Waals surface area contributed by atoms with Gasteiger partial charge in [0.05, 0.1) is 0 Å². The van der Waals surface area contributed by atoms with Gasteiger partial charge in [0.15, 0.2) is 0 Å². The molecule has 1 nitrogen and oxygen atoms in total. The maximum Gasteiger partial charge on any atom is 0.122 e. The van der Waals surface area contributed by atoms with Gasteiger partial charge in [-0.05, 0) is 18.5 Å². The summed E-state index contributed by atoms with van der Waals surface area (Å²) < 4.78 is 4.92. The molecule has 0 aliphatic heterocycles. The van der Waals surface area contributed by atoms with Crippen LogP contribution in [0.1, 0.15) is 19.8 Å². The molecule has 0 rings (SSSR count). The Labute approximate surface area is 61.4 Å². The minimum Gasteiger partial charge on any atom is -0.303 e. The Morgan fingerprint density at radius 2 is 2.22 bits per heavy atom. The first-order valence-electron chi connectivity index (χ1n) is 3.03. The Morgan fingerprint density at radius 3 is 2.78 bits per heavy atom. The second kappa shape index (κ2) is 7.87. The minimum absolute atomic E-state index is 0.557. The highest BCUT2D eigenvalue weighted by atomic mass is 32.2. The van der Waals surface area contributed by atoms with Gasteiger partial charge >= 0.3 is 0 Å². The SMILES string of the molecule is CCCC#CCOSC. The van der Waals surface area contributed by atoms with Gasteiger partial charge in [-0.3, -0.25) is 0 Å². The third-order valence-electron chi connectivity index (χ3n) is 0.749. The molecule has 0 aromatic heterocycles. The molecule has 0 heterocycles. The van der Waals surface area contributed by atoms with E-state index in [4.69, 9.17) is 4.18 Å². The van der Waals surface area contributed by atoms with Crippen LogP contribution in [0.4, 0.5) is 0 Å². The van der Waals surface area contributed by atoms with Gasteiger partial charge in [0.2, 0.25) is 0 Å². The molecule has 9 heavy (non-hydrogen) atoms. The average Bonchev–Trinajstić information content (AvgIpc) is 1.89. The highest BCUT2D eigenvalue weighted by molar-refractivity contribution is 7.93. The molecule has 2 heteroatoms. The first-order chi connectivity index (χ1) is 4.41. The predicted octanol–water partition coefficient (Wildman–Crippen LogP) is 2.08. The lowest BCUT2D eigenvalue weighted by Gasteiger charge is -1.86. The van der Waals surface area contributed by atoms with Crippen molar-refractivity contribution in [2.75, 3.05) is 12.9 Å². The summed E-state index contributed by atoms with van der Waals surface area (Å²) in [7, 11) is 0. The van der Waals surface area contributed by atoms with Gasteiger partial charge in [-0.2, -0.15) is 0 Å². The summed E-state index contributed by atoms with van der Waals surface area (Å²) in [6.07, 6.45) is 4.01. The third kappa shape index (κ3) is 7.87. The lowest BCUT2D eigenvalue weighted by atomic mass is 10.3. The fourth-order valence-corrected chi connectivity index (χ4v) is 0.530. The molecule has 0 N–H and O–H groups in total. The van der Waals surface area contributed by atoms with Crippen molar-refractivity contribution in [3.63, 3.8) is 0 Å². The summed E-state index contributed by atoms with van der Waals surface area (Å²) in [6, 6.07) is 0. The Kier molecular flexibility index (Phi) is 7.76. The second-order valence-electron chi connectivity index (χ2n) is 1.53. The van der Waals surface area contributed by atoms with Crippen molar-refractivity contribution in [1.82, 2.24) is 0 Å². The first-order valence-corrected chi connectivity index (χ1v) is 4.18. The minimum atomic E-state index is 0.557. The fraction of sp³-hybridized carbons (Fsp3) is 0.714. The maximum absolute atomic E-state index is 4.92. The van der Waals surface area contributed by atoms with E-state index in [-0.39, 0.29) is 0 Å². The quantitative estimate of drug-likeness (QED) is 0.341. The van der Waals surface area contributed by atoms with Crippen molar-refractivity contribution in [2.45, 2.75) is 19.8 Å². The molecule has 0 bridgehead atoms. The molecule has 0 spiro atoms. The van der Waals surface area contributed by atoms with Crippen molar-refractivity contribution >= 4 is 12.0 Å². The average molecular weight is 144 g/mol. The zero-order valence-electron chi connectivity index (χ0n) is 5.94. The molecule has 52 valence electrons. The third-order valence-corrected chi connectivity index (χ3v) is 1.10. The molecule has 0 unspecified atom stereocenters. The van der Waals surface area contributed by atoms with E-state index in [1.807, 2.05) is 6.26 Å². The van der Waals surface area contributed by atoms with E-state index in [1.165, 1.54) is 12.0 Å². The normalized spacial score (nSPS) is 8.22. The summed E-state index contributed by atoms with van der Waals surface area (Å²) in [5.74, 6) is 5.88. The monoisotopic (exact) mass is 144 g/mol. The van der Waals surface area contributed by atoms with E-state index >= 15 is 0 Å². The Morgan fingerprint density at radius 1 is 1.44 bits per heavy atom. The van der Waals surface area contributed by atoms with Crippen LogP contribution in [0.15, 0.2) is 0 Å². The zero-order valence-corrected chi connectivity index (χ0v) is 6.75. The molecule has 0 aliphatic carbocycles. The van der Waals surface area contributed by atoms with Crippen LogP contribution < -0.4 is 0 Å². The molecule has 0 fully saturated rings. The van der Waals surface area contributed by atoms with Crippen LogP contribution in [0, 0.1) is 11.8 Å². The smallest absolute Gasteiger partial charge is 0.122 e. The summed E-state index contributed by atoms with van der Waals surface area (Å²) in [4.78, 5) is 0. The van der Waals surface area contributed by atoms with E-state index in [9.17, 15) is 0 Å². The first kappa shape index (κ1) is 8.87. The standard InChI is InChI=1S/C7H12OS/c1-3-4-5-6-7-8-9-2/h3-4,7H2,1-2H3. The van der Waals surface area contributed by atoms with E-state index < -0.39 is 0 Å². The van der Waals surface area contributed by atoms with Crippen molar-refractivity contribution < 1.29 is 4.18 Å². The number of unbranched alkanes of at least 4 members (excludes halogenated alkanes) is 1. The Bertz CT molecular complexity index is 101. The van der Waals surface area contributed by atoms with Crippen LogP contribution >= 0.6 is 12.0 Å². The molecule has 0 radical (unpaired) electrons. The van der Waals surface area contributed by atoms with Gasteiger partial charge in [-0.15, -0.1) is 5.92 Å². The number of hydrogen-bond acceptors (Lipinski definition) is 2. The summed E-state index contributed by atoms with van der Waals surface area (Å²) in [5, 5.41) is 0. The molecule has 0 aromatic carbocycles. The molecular weight excluding hydrogens is 132 g/mol. The lowest BCUT2D eigenvalue weighted by molar-refractivity contribution is 0.440. The fourth-order valence-electron chi connectivity index (χ4n) is 0.353. The summed E-state index contributed by atoms with van der Waals surface area (Å²) in [5.41, 5.74) is 0. The zero-order chi connectivity index (χ0) is 6.95. The van der Waals surface area contributed by atoms with E-state index in [2.05, 4.69) is 18.8 Å². The predicted molar refractivity (Wildman–Crippen MR) is 42.2 cm³/mol. The molecule has 0 amide bonds. The summed E-state index contributed by atoms with van der Waals surface area (Å²) >= 11 is 1.36. The maximum atomic E-state index is 4.92. The van der Waals surface area contributed by atoms with Crippen LogP contribution in [0.3, 0.4) is 0 Å². The van der Waals surface area contributed by atoms with Crippen LogP contribution in [0.2, 0.25) is 0 Å². The van der Waals surface area contributed by atoms with E-state index in [0.717, 1.165) is 12.8 Å². The Hall–Kier alpha value is -0.130. The van der Waals surface area contributed by atoms with Gasteiger partial charge < -0.3 is 4.18 Å². The van der Waals surface area contributed by atoms with Crippen molar-refractivity contribution in [3.8, 4) is 11.8 Å². The molecule has 0 saturated heterocycles. The van der Waals surface area contributed by atoms with Crippen molar-refractivity contribution in [2.24, 2.45) is 0 Å². The molecule has 0 atom stereocenters. The van der Waals surface area contributed by atoms with Crippen LogP contribution in [-0.2, 0) is 4.18 Å². The Balaban J connectivity index is 2.96. The molecule has 0 aliphatic rings. The van der Waals surface area contributed by atoms with Gasteiger partial charge in [0.1, 0.15) is 6.61 Å². The molecule has 0 saturated carbocycles.